The van der Waals surface area contributed by atoms with Crippen molar-refractivity contribution >= 4 is 0 Å². The molecule has 2 aromatic carbocycles. The Morgan fingerprint density at radius 3 is 2.56 bits per heavy atom. The Balaban J connectivity index is 1.82. The van der Waals surface area contributed by atoms with Crippen LogP contribution in [0.15, 0.2) is 42.5 Å². The zero-order valence-electron chi connectivity index (χ0n) is 14.4. The number of nitrogens with zero attached hydrogens (tertiary/aromatic N) is 1. The van der Waals surface area contributed by atoms with Crippen molar-refractivity contribution in [1.82, 2.24) is 5.32 Å². The summed E-state index contributed by atoms with van der Waals surface area (Å²) in [6.07, 6.45) is 2.01. The summed E-state index contributed by atoms with van der Waals surface area (Å²) < 4.78 is 23.9. The number of hydrogen-bond acceptors (Lipinski definition) is 4. The van der Waals surface area contributed by atoms with Gasteiger partial charge in [0.1, 0.15) is 5.82 Å². The number of nitrogens with one attached hydrogen (secondary N) is 1. The first-order chi connectivity index (χ1) is 12.2. The fourth-order valence-electron chi connectivity index (χ4n) is 2.39. The first-order valence-corrected chi connectivity index (χ1v) is 8.34. The van der Waals surface area contributed by atoms with Gasteiger partial charge in [0, 0.05) is 13.0 Å². The smallest absolute Gasteiger partial charge is 0.161 e. The average molecular weight is 342 g/mol. The van der Waals surface area contributed by atoms with Crippen LogP contribution in [0.3, 0.4) is 0 Å². The SMILES string of the molecule is COc1ccc(CNCCc2ccc(F)cc2)cc1OCCCC#N. The van der Waals surface area contributed by atoms with E-state index in [4.69, 9.17) is 14.7 Å². The van der Waals surface area contributed by atoms with Crippen LogP contribution in [0.2, 0.25) is 0 Å². The molecule has 0 unspecified atom stereocenters. The van der Waals surface area contributed by atoms with Crippen molar-refractivity contribution < 1.29 is 13.9 Å². The van der Waals surface area contributed by atoms with Crippen LogP contribution in [-0.4, -0.2) is 20.3 Å². The van der Waals surface area contributed by atoms with Crippen molar-refractivity contribution in [1.29, 1.82) is 5.26 Å². The van der Waals surface area contributed by atoms with Gasteiger partial charge < -0.3 is 14.8 Å². The largest absolute Gasteiger partial charge is 0.493 e. The molecule has 5 heteroatoms. The summed E-state index contributed by atoms with van der Waals surface area (Å²) in [5.74, 6) is 1.17. The maximum absolute atomic E-state index is 12.9. The molecule has 0 aliphatic heterocycles. The van der Waals surface area contributed by atoms with Crippen LogP contribution >= 0.6 is 0 Å². The van der Waals surface area contributed by atoms with Gasteiger partial charge in [0.05, 0.1) is 19.8 Å². The molecule has 4 nitrogen and oxygen atoms in total. The van der Waals surface area contributed by atoms with Gasteiger partial charge in [-0.05, 0) is 54.8 Å². The highest BCUT2D eigenvalue weighted by Crippen LogP contribution is 2.28. The van der Waals surface area contributed by atoms with Crippen LogP contribution in [0.4, 0.5) is 4.39 Å². The van der Waals surface area contributed by atoms with Crippen LogP contribution in [0.25, 0.3) is 0 Å². The number of nitriles is 1. The van der Waals surface area contributed by atoms with Gasteiger partial charge >= 0.3 is 0 Å². The molecule has 1 N–H and O–H groups in total. The van der Waals surface area contributed by atoms with Crippen molar-refractivity contribution in [3.63, 3.8) is 0 Å². The molecule has 0 fully saturated rings. The summed E-state index contributed by atoms with van der Waals surface area (Å²) in [6.45, 7) is 2.00. The number of methoxy groups -OCH3 is 1. The molecule has 0 saturated carbocycles. The maximum atomic E-state index is 12.9. The minimum Gasteiger partial charge on any atom is -0.493 e. The molecule has 0 bridgehead atoms. The molecule has 0 saturated heterocycles. The minimum absolute atomic E-state index is 0.211. The summed E-state index contributed by atoms with van der Waals surface area (Å²) in [5.41, 5.74) is 2.19. The third-order valence-corrected chi connectivity index (χ3v) is 3.75. The van der Waals surface area contributed by atoms with E-state index in [1.165, 1.54) is 12.1 Å². The van der Waals surface area contributed by atoms with Gasteiger partial charge in [-0.1, -0.05) is 18.2 Å². The van der Waals surface area contributed by atoms with Crippen LogP contribution in [0, 0.1) is 17.1 Å². The van der Waals surface area contributed by atoms with Crippen molar-refractivity contribution in [2.45, 2.75) is 25.8 Å². The molecule has 0 aromatic heterocycles. The number of rotatable bonds is 10. The van der Waals surface area contributed by atoms with Gasteiger partial charge in [-0.3, -0.25) is 0 Å². The first kappa shape index (κ1) is 18.8. The Labute approximate surface area is 148 Å². The quantitative estimate of drug-likeness (QED) is 0.666. The molecule has 2 aromatic rings. The fraction of sp³-hybridized carbons (Fsp3) is 0.350. The van der Waals surface area contributed by atoms with E-state index in [2.05, 4.69) is 11.4 Å². The summed E-state index contributed by atoms with van der Waals surface area (Å²) in [4.78, 5) is 0. The van der Waals surface area contributed by atoms with E-state index in [9.17, 15) is 4.39 Å². The lowest BCUT2D eigenvalue weighted by Gasteiger charge is -2.12. The molecule has 0 amide bonds. The van der Waals surface area contributed by atoms with Crippen molar-refractivity contribution in [3.05, 3.63) is 59.4 Å². The van der Waals surface area contributed by atoms with E-state index in [1.807, 2.05) is 18.2 Å². The van der Waals surface area contributed by atoms with E-state index in [0.717, 1.165) is 24.1 Å². The second-order valence-electron chi connectivity index (χ2n) is 5.65. The molecule has 0 aliphatic rings. The minimum atomic E-state index is -0.211. The van der Waals surface area contributed by atoms with Crippen molar-refractivity contribution in [2.24, 2.45) is 0 Å². The van der Waals surface area contributed by atoms with Crippen LogP contribution in [-0.2, 0) is 13.0 Å². The topological polar surface area (TPSA) is 54.3 Å². The molecule has 132 valence electrons. The molecule has 0 aliphatic carbocycles. The van der Waals surface area contributed by atoms with Crippen molar-refractivity contribution in [2.75, 3.05) is 20.3 Å². The molecule has 25 heavy (non-hydrogen) atoms. The zero-order chi connectivity index (χ0) is 17.9. The van der Waals surface area contributed by atoms with Crippen molar-refractivity contribution in [3.8, 4) is 17.6 Å². The summed E-state index contributed by atoms with van der Waals surface area (Å²) >= 11 is 0. The summed E-state index contributed by atoms with van der Waals surface area (Å²) in [7, 11) is 1.61. The molecule has 0 radical (unpaired) electrons. The normalized spacial score (nSPS) is 10.3. The second-order valence-corrected chi connectivity index (χ2v) is 5.65. The number of unbranched alkanes of at least 4 members (excludes halogenated alkanes) is 1. The molecule has 0 atom stereocenters. The van der Waals surface area contributed by atoms with E-state index in [1.54, 1.807) is 19.2 Å². The van der Waals surface area contributed by atoms with Gasteiger partial charge in [-0.25, -0.2) is 4.39 Å². The Bertz CT molecular complexity index is 696. The van der Waals surface area contributed by atoms with E-state index in [-0.39, 0.29) is 5.82 Å². The number of halogens is 1. The number of ether oxygens (including phenoxy) is 2. The molecular formula is C20H23FN2O2. The Kier molecular flexibility index (Phi) is 7.74. The number of benzene rings is 2. The summed E-state index contributed by atoms with van der Waals surface area (Å²) in [5, 5.41) is 11.9. The Hall–Kier alpha value is -2.58. The maximum Gasteiger partial charge on any atom is 0.161 e. The Morgan fingerprint density at radius 2 is 1.84 bits per heavy atom. The molecular weight excluding hydrogens is 319 g/mol. The lowest BCUT2D eigenvalue weighted by molar-refractivity contribution is 0.290. The summed E-state index contributed by atoms with van der Waals surface area (Å²) in [6, 6.07) is 14.5. The Morgan fingerprint density at radius 1 is 1.08 bits per heavy atom. The standard InChI is InChI=1S/C20H23FN2O2/c1-24-19-9-6-17(14-20(19)25-13-3-2-11-22)15-23-12-10-16-4-7-18(21)8-5-16/h4-9,14,23H,2-3,10,12-13,15H2,1H3. The fourth-order valence-corrected chi connectivity index (χ4v) is 2.39. The van der Waals surface area contributed by atoms with Crippen LogP contribution < -0.4 is 14.8 Å². The van der Waals surface area contributed by atoms with Gasteiger partial charge in [-0.15, -0.1) is 0 Å². The van der Waals surface area contributed by atoms with E-state index in [0.29, 0.717) is 37.5 Å². The van der Waals surface area contributed by atoms with E-state index >= 15 is 0 Å². The predicted molar refractivity (Wildman–Crippen MR) is 95.1 cm³/mol. The first-order valence-electron chi connectivity index (χ1n) is 8.34. The zero-order valence-corrected chi connectivity index (χ0v) is 14.4. The second kappa shape index (κ2) is 10.3. The number of hydrogen-bond donors (Lipinski definition) is 1. The van der Waals surface area contributed by atoms with Gasteiger partial charge in [-0.2, -0.15) is 5.26 Å². The van der Waals surface area contributed by atoms with Gasteiger partial charge in [0.25, 0.3) is 0 Å². The molecule has 0 spiro atoms. The monoisotopic (exact) mass is 342 g/mol. The highest BCUT2D eigenvalue weighted by Gasteiger charge is 2.06. The third-order valence-electron chi connectivity index (χ3n) is 3.75. The third kappa shape index (κ3) is 6.44. The highest BCUT2D eigenvalue weighted by atomic mass is 19.1. The van der Waals surface area contributed by atoms with E-state index < -0.39 is 0 Å². The highest BCUT2D eigenvalue weighted by molar-refractivity contribution is 5.43. The lowest BCUT2D eigenvalue weighted by Crippen LogP contribution is -2.16. The lowest BCUT2D eigenvalue weighted by atomic mass is 10.1. The average Bonchev–Trinajstić information content (AvgIpc) is 2.64. The van der Waals surface area contributed by atoms with Crippen LogP contribution in [0.1, 0.15) is 24.0 Å². The van der Waals surface area contributed by atoms with Gasteiger partial charge in [0.2, 0.25) is 0 Å². The van der Waals surface area contributed by atoms with Gasteiger partial charge in [0.15, 0.2) is 11.5 Å². The molecule has 0 heterocycles. The van der Waals surface area contributed by atoms with Crippen LogP contribution in [0.5, 0.6) is 11.5 Å². The molecule has 2 rings (SSSR count). The predicted octanol–water partition coefficient (Wildman–Crippen LogP) is 3.85.